The van der Waals surface area contributed by atoms with E-state index >= 15 is 0 Å². The van der Waals surface area contributed by atoms with Gasteiger partial charge in [-0.25, -0.2) is 4.98 Å². The van der Waals surface area contributed by atoms with Crippen molar-refractivity contribution >= 4 is 60.1 Å². The number of para-hydroxylation sites is 1. The van der Waals surface area contributed by atoms with Gasteiger partial charge in [0.1, 0.15) is 0 Å². The van der Waals surface area contributed by atoms with Gasteiger partial charge in [-0.1, -0.05) is 28.1 Å². The Labute approximate surface area is 149 Å². The summed E-state index contributed by atoms with van der Waals surface area (Å²) in [5, 5.41) is 1.09. The van der Waals surface area contributed by atoms with E-state index < -0.39 is 0 Å². The van der Waals surface area contributed by atoms with E-state index in [0.29, 0.717) is 0 Å². The largest absolute Gasteiger partial charge is 0.271 e. The first-order valence-electron chi connectivity index (χ1n) is 6.43. The van der Waals surface area contributed by atoms with E-state index in [1.165, 1.54) is 13.8 Å². The minimum atomic E-state index is 0.0509. The number of hydrogen-bond donors (Lipinski definition) is 2. The average molecular weight is 474 g/mol. The third-order valence-electron chi connectivity index (χ3n) is 3.25. The van der Waals surface area contributed by atoms with Crippen molar-refractivity contribution in [1.29, 1.82) is 0 Å². The highest BCUT2D eigenvalue weighted by Gasteiger charge is 2.16. The Morgan fingerprint density at radius 3 is 2.86 bits per heavy atom. The number of hydrazine groups is 1. The Morgan fingerprint density at radius 1 is 1.29 bits per heavy atom. The lowest BCUT2D eigenvalue weighted by molar-refractivity contribution is 0.548. The molecule has 0 spiro atoms. The van der Waals surface area contributed by atoms with Crippen LogP contribution in [0.25, 0.3) is 10.2 Å². The van der Waals surface area contributed by atoms with Gasteiger partial charge in [0, 0.05) is 14.5 Å². The second-order valence-corrected chi connectivity index (χ2v) is 7.86. The Kier molecular flexibility index (Phi) is 4.90. The normalized spacial score (nSPS) is 12.7. The first-order valence-corrected chi connectivity index (χ1v) is 9.11. The van der Waals surface area contributed by atoms with Crippen molar-refractivity contribution in [3.05, 3.63) is 61.1 Å². The third kappa shape index (κ3) is 3.45. The van der Waals surface area contributed by atoms with Crippen LogP contribution in [0, 0.1) is 3.57 Å². The van der Waals surface area contributed by atoms with Gasteiger partial charge in [0.25, 0.3) is 0 Å². The van der Waals surface area contributed by atoms with Crippen LogP contribution in [0.15, 0.2) is 46.9 Å². The molecule has 3 rings (SSSR count). The van der Waals surface area contributed by atoms with Gasteiger partial charge in [-0.15, -0.1) is 11.3 Å². The predicted octanol–water partition coefficient (Wildman–Crippen LogP) is 4.41. The van der Waals surface area contributed by atoms with E-state index in [9.17, 15) is 0 Å². The van der Waals surface area contributed by atoms with Crippen molar-refractivity contribution in [2.75, 3.05) is 0 Å². The molecule has 3 aromatic rings. The number of rotatable bonds is 4. The minimum Gasteiger partial charge on any atom is -0.271 e. The third-order valence-corrected chi connectivity index (χ3v) is 5.79. The molecular weight excluding hydrogens is 461 g/mol. The average Bonchev–Trinajstić information content (AvgIpc) is 2.90. The first-order chi connectivity index (χ1) is 10.2. The van der Waals surface area contributed by atoms with Crippen molar-refractivity contribution in [2.24, 2.45) is 5.84 Å². The molecular formula is C15H13BrIN3S. The zero-order valence-electron chi connectivity index (χ0n) is 11.0. The molecule has 1 unspecified atom stereocenters. The van der Waals surface area contributed by atoms with Crippen LogP contribution in [-0.4, -0.2) is 4.98 Å². The van der Waals surface area contributed by atoms with Crippen LogP contribution in [0.3, 0.4) is 0 Å². The van der Waals surface area contributed by atoms with Crippen LogP contribution in [0.4, 0.5) is 0 Å². The summed E-state index contributed by atoms with van der Waals surface area (Å²) in [6.45, 7) is 0. The molecule has 0 bridgehead atoms. The Morgan fingerprint density at radius 2 is 2.10 bits per heavy atom. The Balaban J connectivity index is 1.91. The maximum atomic E-state index is 5.77. The number of fused-ring (bicyclic) bond motifs is 1. The molecule has 0 amide bonds. The molecule has 3 nitrogen and oxygen atoms in total. The summed E-state index contributed by atoms with van der Waals surface area (Å²) in [4.78, 5) is 4.69. The number of aromatic nitrogens is 1. The van der Waals surface area contributed by atoms with Gasteiger partial charge in [0.15, 0.2) is 0 Å². The SMILES string of the molecule is NNC(Cc1nc2ccccc2s1)c1cc(Br)ccc1I. The van der Waals surface area contributed by atoms with Gasteiger partial charge >= 0.3 is 0 Å². The van der Waals surface area contributed by atoms with Crippen molar-refractivity contribution in [1.82, 2.24) is 10.4 Å². The lowest BCUT2D eigenvalue weighted by atomic mass is 10.1. The highest BCUT2D eigenvalue weighted by atomic mass is 127. The van der Waals surface area contributed by atoms with Crippen molar-refractivity contribution < 1.29 is 0 Å². The van der Waals surface area contributed by atoms with Crippen LogP contribution in [-0.2, 0) is 6.42 Å². The van der Waals surface area contributed by atoms with E-state index in [-0.39, 0.29) is 6.04 Å². The van der Waals surface area contributed by atoms with E-state index in [1.54, 1.807) is 11.3 Å². The minimum absolute atomic E-state index is 0.0509. The molecule has 1 aromatic heterocycles. The van der Waals surface area contributed by atoms with Crippen molar-refractivity contribution in [3.8, 4) is 0 Å². The first kappa shape index (κ1) is 15.4. The molecule has 0 fully saturated rings. The van der Waals surface area contributed by atoms with Gasteiger partial charge in [-0.3, -0.25) is 11.3 Å². The molecule has 0 radical (unpaired) electrons. The van der Waals surface area contributed by atoms with Gasteiger partial charge in [0.05, 0.1) is 21.3 Å². The quantitative estimate of drug-likeness (QED) is 0.335. The van der Waals surface area contributed by atoms with Gasteiger partial charge in [-0.2, -0.15) is 0 Å². The molecule has 108 valence electrons. The number of halogens is 2. The Hall–Kier alpha value is -0.540. The smallest absolute Gasteiger partial charge is 0.0958 e. The summed E-state index contributed by atoms with van der Waals surface area (Å²) in [6, 6.07) is 14.5. The summed E-state index contributed by atoms with van der Waals surface area (Å²) in [5.74, 6) is 5.77. The molecule has 0 aliphatic heterocycles. The fourth-order valence-corrected chi connectivity index (χ4v) is 4.33. The van der Waals surface area contributed by atoms with E-state index in [0.717, 1.165) is 21.4 Å². The molecule has 0 saturated carbocycles. The second kappa shape index (κ2) is 6.70. The van der Waals surface area contributed by atoms with Crippen LogP contribution in [0.1, 0.15) is 16.6 Å². The Bertz CT molecular complexity index is 741. The van der Waals surface area contributed by atoms with Crippen molar-refractivity contribution in [2.45, 2.75) is 12.5 Å². The molecule has 0 aliphatic carbocycles. The fraction of sp³-hybridized carbons (Fsp3) is 0.133. The van der Waals surface area contributed by atoms with E-state index in [1.807, 2.05) is 24.3 Å². The summed E-state index contributed by atoms with van der Waals surface area (Å²) < 4.78 is 3.47. The molecule has 21 heavy (non-hydrogen) atoms. The fourth-order valence-electron chi connectivity index (χ4n) is 2.22. The number of nitrogens with one attached hydrogen (secondary N) is 1. The molecule has 2 aromatic carbocycles. The number of benzene rings is 2. The maximum Gasteiger partial charge on any atom is 0.0958 e. The number of hydrogen-bond acceptors (Lipinski definition) is 4. The molecule has 1 atom stereocenters. The highest BCUT2D eigenvalue weighted by Crippen LogP contribution is 2.29. The van der Waals surface area contributed by atoms with Crippen LogP contribution in [0.2, 0.25) is 0 Å². The predicted molar refractivity (Wildman–Crippen MR) is 100 cm³/mol. The lowest BCUT2D eigenvalue weighted by Crippen LogP contribution is -2.30. The molecule has 6 heteroatoms. The summed E-state index contributed by atoms with van der Waals surface area (Å²) in [6.07, 6.45) is 0.780. The standard InChI is InChI=1S/C15H13BrIN3S/c16-9-5-6-11(17)10(7-9)13(20-18)8-15-19-12-3-1-2-4-14(12)21-15/h1-7,13,20H,8,18H2. The van der Waals surface area contributed by atoms with Gasteiger partial charge < -0.3 is 0 Å². The lowest BCUT2D eigenvalue weighted by Gasteiger charge is -2.17. The number of thiazole rings is 1. The molecule has 3 N–H and O–H groups in total. The summed E-state index contributed by atoms with van der Waals surface area (Å²) in [7, 11) is 0. The second-order valence-electron chi connectivity index (χ2n) is 4.66. The van der Waals surface area contributed by atoms with Crippen LogP contribution >= 0.6 is 49.9 Å². The highest BCUT2D eigenvalue weighted by molar-refractivity contribution is 14.1. The van der Waals surface area contributed by atoms with E-state index in [4.69, 9.17) is 5.84 Å². The summed E-state index contributed by atoms with van der Waals surface area (Å²) >= 11 is 7.59. The molecule has 0 saturated heterocycles. The maximum absolute atomic E-state index is 5.77. The number of nitrogens with zero attached hydrogens (tertiary/aromatic N) is 1. The molecule has 0 aliphatic rings. The van der Waals surface area contributed by atoms with Gasteiger partial charge in [-0.05, 0) is 58.5 Å². The van der Waals surface area contributed by atoms with E-state index in [2.05, 4.69) is 67.1 Å². The van der Waals surface area contributed by atoms with Gasteiger partial charge in [0.2, 0.25) is 0 Å². The van der Waals surface area contributed by atoms with Crippen molar-refractivity contribution in [3.63, 3.8) is 0 Å². The van der Waals surface area contributed by atoms with Crippen LogP contribution < -0.4 is 11.3 Å². The zero-order chi connectivity index (χ0) is 14.8. The monoisotopic (exact) mass is 473 g/mol. The zero-order valence-corrected chi connectivity index (χ0v) is 15.6. The number of nitrogens with two attached hydrogens (primary N) is 1. The topological polar surface area (TPSA) is 50.9 Å². The van der Waals surface area contributed by atoms with Crippen LogP contribution in [0.5, 0.6) is 0 Å². The molecule has 1 heterocycles. The summed E-state index contributed by atoms with van der Waals surface area (Å²) in [5.41, 5.74) is 5.16.